The van der Waals surface area contributed by atoms with Gasteiger partial charge in [0.15, 0.2) is 0 Å². The summed E-state index contributed by atoms with van der Waals surface area (Å²) in [6.07, 6.45) is 5.89. The Morgan fingerprint density at radius 3 is 2.89 bits per heavy atom. The van der Waals surface area contributed by atoms with Crippen molar-refractivity contribution < 1.29 is 9.53 Å². The first kappa shape index (κ1) is 17.3. The van der Waals surface area contributed by atoms with E-state index in [1.54, 1.807) is 0 Å². The summed E-state index contributed by atoms with van der Waals surface area (Å²) in [4.78, 5) is 21.0. The van der Waals surface area contributed by atoms with E-state index in [2.05, 4.69) is 9.88 Å². The minimum absolute atomic E-state index is 0.108. The maximum absolute atomic E-state index is 13.1. The third-order valence-corrected chi connectivity index (χ3v) is 6.59. The standard InChI is InChI=1S/C22H29N3O2/c26-21(20-12-18-6-1-2-7-19(18)23-20)25-11-5-8-22(16-25)13-17(15-27-22)14-24-9-3-4-10-24/h1-2,6-7,12,17,23H,3-5,8-11,13-16H2/t17-,22-/m0/s1. The summed E-state index contributed by atoms with van der Waals surface area (Å²) in [6.45, 7) is 6.07. The summed E-state index contributed by atoms with van der Waals surface area (Å²) >= 11 is 0. The minimum atomic E-state index is -0.121. The minimum Gasteiger partial charge on any atom is -0.373 e. The van der Waals surface area contributed by atoms with Gasteiger partial charge in [0, 0.05) is 24.0 Å². The average Bonchev–Trinajstić information content (AvgIpc) is 3.42. The van der Waals surface area contributed by atoms with E-state index in [-0.39, 0.29) is 11.5 Å². The molecule has 5 heteroatoms. The largest absolute Gasteiger partial charge is 0.373 e. The molecule has 144 valence electrons. The average molecular weight is 367 g/mol. The normalized spacial score (nSPS) is 29.2. The molecule has 3 saturated heterocycles. The number of H-pyrrole nitrogens is 1. The van der Waals surface area contributed by atoms with Crippen LogP contribution >= 0.6 is 0 Å². The van der Waals surface area contributed by atoms with Gasteiger partial charge in [0.05, 0.1) is 18.8 Å². The van der Waals surface area contributed by atoms with Gasteiger partial charge in [0.1, 0.15) is 5.69 Å². The predicted molar refractivity (Wildman–Crippen MR) is 106 cm³/mol. The predicted octanol–water partition coefficient (Wildman–Crippen LogP) is 3.28. The van der Waals surface area contributed by atoms with E-state index in [1.807, 2.05) is 35.2 Å². The van der Waals surface area contributed by atoms with Crippen LogP contribution in [0.1, 0.15) is 42.6 Å². The second-order valence-electron chi connectivity index (χ2n) is 8.67. The molecule has 3 fully saturated rings. The van der Waals surface area contributed by atoms with Crippen molar-refractivity contribution >= 4 is 16.8 Å². The maximum atomic E-state index is 13.1. The summed E-state index contributed by atoms with van der Waals surface area (Å²) in [5, 5.41) is 1.09. The summed E-state index contributed by atoms with van der Waals surface area (Å²) in [6, 6.07) is 10.0. The smallest absolute Gasteiger partial charge is 0.270 e. The van der Waals surface area contributed by atoms with E-state index in [4.69, 9.17) is 4.74 Å². The zero-order valence-electron chi connectivity index (χ0n) is 16.0. The zero-order valence-corrected chi connectivity index (χ0v) is 16.0. The van der Waals surface area contributed by atoms with Crippen LogP contribution in [0.3, 0.4) is 0 Å². The molecule has 0 bridgehead atoms. The Bertz CT molecular complexity index is 793. The number of carbonyl (C=O) groups excluding carboxylic acids is 1. The molecular formula is C22H29N3O2. The van der Waals surface area contributed by atoms with E-state index in [1.165, 1.54) is 25.9 Å². The number of hydrogen-bond acceptors (Lipinski definition) is 3. The van der Waals surface area contributed by atoms with Crippen molar-refractivity contribution in [2.45, 2.75) is 37.7 Å². The molecule has 1 spiro atoms. The maximum Gasteiger partial charge on any atom is 0.270 e. The van der Waals surface area contributed by atoms with Crippen LogP contribution in [-0.2, 0) is 4.74 Å². The van der Waals surface area contributed by atoms with Crippen LogP contribution < -0.4 is 0 Å². The highest BCUT2D eigenvalue weighted by molar-refractivity contribution is 5.98. The fraction of sp³-hybridized carbons (Fsp3) is 0.591. The van der Waals surface area contributed by atoms with Gasteiger partial charge in [-0.15, -0.1) is 0 Å². The van der Waals surface area contributed by atoms with Gasteiger partial charge in [0.25, 0.3) is 5.91 Å². The number of benzene rings is 1. The van der Waals surface area contributed by atoms with Crippen LogP contribution in [0.5, 0.6) is 0 Å². The Labute approximate surface area is 160 Å². The molecule has 2 atom stereocenters. The molecular weight excluding hydrogens is 338 g/mol. The van der Waals surface area contributed by atoms with Crippen LogP contribution in [0.25, 0.3) is 10.9 Å². The number of nitrogens with one attached hydrogen (secondary N) is 1. The summed E-state index contributed by atoms with van der Waals surface area (Å²) in [7, 11) is 0. The molecule has 5 nitrogen and oxygen atoms in total. The molecule has 0 aliphatic carbocycles. The Hall–Kier alpha value is -1.85. The Kier molecular flexibility index (Phi) is 4.44. The fourth-order valence-corrected chi connectivity index (χ4v) is 5.30. The van der Waals surface area contributed by atoms with Crippen LogP contribution in [0.15, 0.2) is 30.3 Å². The fourth-order valence-electron chi connectivity index (χ4n) is 5.30. The van der Waals surface area contributed by atoms with Gasteiger partial charge in [-0.05, 0) is 63.2 Å². The molecule has 1 amide bonds. The monoisotopic (exact) mass is 367 g/mol. The van der Waals surface area contributed by atoms with Gasteiger partial charge in [-0.1, -0.05) is 18.2 Å². The number of likely N-dealkylation sites (tertiary alicyclic amines) is 2. The van der Waals surface area contributed by atoms with Crippen LogP contribution in [0.4, 0.5) is 0 Å². The van der Waals surface area contributed by atoms with Crippen LogP contribution in [-0.4, -0.2) is 65.6 Å². The molecule has 2 aromatic rings. The highest BCUT2D eigenvalue weighted by Crippen LogP contribution is 2.38. The number of para-hydroxylation sites is 1. The van der Waals surface area contributed by atoms with E-state index >= 15 is 0 Å². The lowest BCUT2D eigenvalue weighted by atomic mass is 9.86. The van der Waals surface area contributed by atoms with Gasteiger partial charge >= 0.3 is 0 Å². The summed E-state index contributed by atoms with van der Waals surface area (Å²) < 4.78 is 6.35. The van der Waals surface area contributed by atoms with Crippen molar-refractivity contribution in [1.82, 2.24) is 14.8 Å². The van der Waals surface area contributed by atoms with Crippen molar-refractivity contribution in [3.63, 3.8) is 0 Å². The number of rotatable bonds is 3. The van der Waals surface area contributed by atoms with Crippen LogP contribution in [0, 0.1) is 5.92 Å². The van der Waals surface area contributed by atoms with E-state index in [0.29, 0.717) is 11.6 Å². The second kappa shape index (κ2) is 6.95. The number of aromatic nitrogens is 1. The third-order valence-electron chi connectivity index (χ3n) is 6.59. The lowest BCUT2D eigenvalue weighted by Gasteiger charge is -2.39. The lowest BCUT2D eigenvalue weighted by Crippen LogP contribution is -2.50. The summed E-state index contributed by atoms with van der Waals surface area (Å²) in [5.74, 6) is 0.725. The van der Waals surface area contributed by atoms with Crippen LogP contribution in [0.2, 0.25) is 0 Å². The Morgan fingerprint density at radius 2 is 2.04 bits per heavy atom. The lowest BCUT2D eigenvalue weighted by molar-refractivity contribution is -0.0451. The van der Waals surface area contributed by atoms with Gasteiger partial charge in [0.2, 0.25) is 0 Å². The zero-order chi connectivity index (χ0) is 18.3. The molecule has 1 aromatic carbocycles. The first-order chi connectivity index (χ1) is 13.2. The Balaban J connectivity index is 1.27. The molecule has 0 unspecified atom stereocenters. The number of carbonyl (C=O) groups is 1. The van der Waals surface area contributed by atoms with Gasteiger partial charge in [-0.25, -0.2) is 0 Å². The molecule has 0 radical (unpaired) electrons. The molecule has 4 heterocycles. The quantitative estimate of drug-likeness (QED) is 0.906. The number of nitrogens with zero attached hydrogens (tertiary/aromatic N) is 2. The van der Waals surface area contributed by atoms with E-state index in [0.717, 1.165) is 56.4 Å². The second-order valence-corrected chi connectivity index (χ2v) is 8.67. The van der Waals surface area contributed by atoms with Crippen molar-refractivity contribution in [3.05, 3.63) is 36.0 Å². The number of fused-ring (bicyclic) bond motifs is 1. The molecule has 27 heavy (non-hydrogen) atoms. The van der Waals surface area contributed by atoms with Gasteiger partial charge < -0.3 is 19.5 Å². The van der Waals surface area contributed by atoms with Crippen molar-refractivity contribution in [2.75, 3.05) is 39.3 Å². The first-order valence-electron chi connectivity index (χ1n) is 10.4. The highest BCUT2D eigenvalue weighted by Gasteiger charge is 2.45. The molecule has 3 aliphatic rings. The third kappa shape index (κ3) is 3.39. The first-order valence-corrected chi connectivity index (χ1v) is 10.4. The van der Waals surface area contributed by atoms with E-state index < -0.39 is 0 Å². The molecule has 5 rings (SSSR count). The van der Waals surface area contributed by atoms with Gasteiger partial charge in [-0.3, -0.25) is 4.79 Å². The Morgan fingerprint density at radius 1 is 1.19 bits per heavy atom. The number of amides is 1. The summed E-state index contributed by atoms with van der Waals surface area (Å²) in [5.41, 5.74) is 1.60. The number of piperidine rings is 1. The molecule has 3 aliphatic heterocycles. The molecule has 0 saturated carbocycles. The van der Waals surface area contributed by atoms with Gasteiger partial charge in [-0.2, -0.15) is 0 Å². The SMILES string of the molecule is O=C(c1cc2ccccc2[nH]1)N1CCC[C@]2(C[C@@H](CN3CCCC3)CO2)C1. The van der Waals surface area contributed by atoms with Crippen molar-refractivity contribution in [2.24, 2.45) is 5.92 Å². The highest BCUT2D eigenvalue weighted by atomic mass is 16.5. The number of ether oxygens (including phenoxy) is 1. The number of aromatic amines is 1. The molecule has 1 aromatic heterocycles. The van der Waals surface area contributed by atoms with Crippen molar-refractivity contribution in [3.8, 4) is 0 Å². The number of hydrogen-bond donors (Lipinski definition) is 1. The van der Waals surface area contributed by atoms with E-state index in [9.17, 15) is 4.79 Å². The molecule has 1 N–H and O–H groups in total. The van der Waals surface area contributed by atoms with Crippen molar-refractivity contribution in [1.29, 1.82) is 0 Å². The topological polar surface area (TPSA) is 48.6 Å².